The van der Waals surface area contributed by atoms with E-state index in [-0.39, 0.29) is 11.1 Å². The Balaban J connectivity index is 2.12. The Hall–Kier alpha value is -3.61. The fourth-order valence-electron chi connectivity index (χ4n) is 3.04. The number of carboxylic acids is 1. The Morgan fingerprint density at radius 2 is 1.83 bits per heavy atom. The Morgan fingerprint density at radius 3 is 2.41 bits per heavy atom. The lowest BCUT2D eigenvalue weighted by molar-refractivity contribution is 0.0696. The van der Waals surface area contributed by atoms with Gasteiger partial charge in [-0.2, -0.15) is 0 Å². The average molecular weight is 394 g/mol. The predicted octanol–water partition coefficient (Wildman–Crippen LogP) is 3.53. The Kier molecular flexibility index (Phi) is 5.97. The first-order chi connectivity index (χ1) is 14.0. The van der Waals surface area contributed by atoms with Crippen LogP contribution < -0.4 is 15.0 Å². The van der Waals surface area contributed by atoms with Crippen molar-refractivity contribution in [2.45, 2.75) is 19.8 Å². The Morgan fingerprint density at radius 1 is 1.14 bits per heavy atom. The molecule has 0 bridgehead atoms. The largest absolute Gasteiger partial charge is 0.497 e. The highest BCUT2D eigenvalue weighted by Gasteiger charge is 2.12. The number of rotatable bonds is 7. The molecule has 150 valence electrons. The van der Waals surface area contributed by atoms with Crippen LogP contribution in [-0.2, 0) is 6.42 Å². The molecule has 2 heterocycles. The molecule has 0 spiro atoms. The second-order valence-electron chi connectivity index (χ2n) is 6.46. The van der Waals surface area contributed by atoms with Crippen molar-refractivity contribution in [3.05, 3.63) is 69.3 Å². The van der Waals surface area contributed by atoms with E-state index in [0.717, 1.165) is 12.0 Å². The van der Waals surface area contributed by atoms with Crippen molar-refractivity contribution in [3.63, 3.8) is 0 Å². The number of carboxylic acid groups (broad SMARTS) is 1. The van der Waals surface area contributed by atoms with Gasteiger partial charge in [0, 0.05) is 17.8 Å². The molecular weight excluding hydrogens is 372 g/mol. The SMILES string of the molecule is CCCc1c(/C=C/c2cc(OC)cc(OC)c2)nc2ccc(C(=O)O)cn2c1=O. The van der Waals surface area contributed by atoms with Crippen LogP contribution in [0.4, 0.5) is 0 Å². The van der Waals surface area contributed by atoms with Crippen molar-refractivity contribution >= 4 is 23.8 Å². The zero-order chi connectivity index (χ0) is 21.0. The number of hydrogen-bond acceptors (Lipinski definition) is 5. The van der Waals surface area contributed by atoms with Gasteiger partial charge in [-0.05, 0) is 42.3 Å². The number of benzene rings is 1. The van der Waals surface area contributed by atoms with Gasteiger partial charge in [0.15, 0.2) is 0 Å². The van der Waals surface area contributed by atoms with Gasteiger partial charge in [-0.1, -0.05) is 19.4 Å². The number of aromatic carboxylic acids is 1. The van der Waals surface area contributed by atoms with Crippen molar-refractivity contribution in [3.8, 4) is 11.5 Å². The molecule has 0 atom stereocenters. The predicted molar refractivity (Wildman–Crippen MR) is 111 cm³/mol. The molecule has 1 aromatic carbocycles. The second kappa shape index (κ2) is 8.60. The number of nitrogens with zero attached hydrogens (tertiary/aromatic N) is 2. The summed E-state index contributed by atoms with van der Waals surface area (Å²) < 4.78 is 11.9. The van der Waals surface area contributed by atoms with E-state index in [0.29, 0.717) is 34.8 Å². The van der Waals surface area contributed by atoms with Crippen molar-refractivity contribution in [2.75, 3.05) is 14.2 Å². The van der Waals surface area contributed by atoms with Gasteiger partial charge >= 0.3 is 5.97 Å². The van der Waals surface area contributed by atoms with Gasteiger partial charge in [0.2, 0.25) is 0 Å². The number of hydrogen-bond donors (Lipinski definition) is 1. The molecule has 29 heavy (non-hydrogen) atoms. The summed E-state index contributed by atoms with van der Waals surface area (Å²) in [6.07, 6.45) is 6.23. The third-order valence-electron chi connectivity index (χ3n) is 4.50. The number of fused-ring (bicyclic) bond motifs is 1. The first-order valence-electron chi connectivity index (χ1n) is 9.16. The summed E-state index contributed by atoms with van der Waals surface area (Å²) in [7, 11) is 3.16. The summed E-state index contributed by atoms with van der Waals surface area (Å²) in [4.78, 5) is 28.8. The monoisotopic (exact) mass is 394 g/mol. The van der Waals surface area contributed by atoms with Crippen LogP contribution in [0.2, 0.25) is 0 Å². The maximum Gasteiger partial charge on any atom is 0.337 e. The van der Waals surface area contributed by atoms with E-state index in [2.05, 4.69) is 4.98 Å². The molecule has 7 nitrogen and oxygen atoms in total. The van der Waals surface area contributed by atoms with Crippen LogP contribution >= 0.6 is 0 Å². The topological polar surface area (TPSA) is 90.1 Å². The van der Waals surface area contributed by atoms with Crippen LogP contribution in [0, 0.1) is 0 Å². The molecule has 0 aliphatic rings. The lowest BCUT2D eigenvalue weighted by Gasteiger charge is -2.09. The van der Waals surface area contributed by atoms with E-state index in [1.54, 1.807) is 26.4 Å². The minimum absolute atomic E-state index is 0.0376. The third kappa shape index (κ3) is 4.29. The molecule has 0 saturated heterocycles. The molecule has 2 aromatic heterocycles. The number of carbonyl (C=O) groups is 1. The maximum absolute atomic E-state index is 13.0. The zero-order valence-electron chi connectivity index (χ0n) is 16.5. The summed E-state index contributed by atoms with van der Waals surface area (Å²) in [5.74, 6) is 0.225. The van der Waals surface area contributed by atoms with Gasteiger partial charge in [0.25, 0.3) is 5.56 Å². The fourth-order valence-corrected chi connectivity index (χ4v) is 3.04. The van der Waals surface area contributed by atoms with Gasteiger partial charge < -0.3 is 14.6 Å². The van der Waals surface area contributed by atoms with E-state index in [1.165, 1.54) is 22.7 Å². The summed E-state index contributed by atoms with van der Waals surface area (Å²) >= 11 is 0. The molecule has 0 aliphatic heterocycles. The first kappa shape index (κ1) is 20.1. The van der Waals surface area contributed by atoms with Crippen LogP contribution in [0.3, 0.4) is 0 Å². The summed E-state index contributed by atoms with van der Waals surface area (Å²) in [5.41, 5.74) is 2.10. The average Bonchev–Trinajstić information content (AvgIpc) is 2.73. The van der Waals surface area contributed by atoms with E-state index in [9.17, 15) is 14.7 Å². The molecule has 0 unspecified atom stereocenters. The minimum atomic E-state index is -1.09. The van der Waals surface area contributed by atoms with Crippen LogP contribution in [-0.4, -0.2) is 34.7 Å². The molecule has 1 N–H and O–H groups in total. The number of pyridine rings is 1. The summed E-state index contributed by atoms with van der Waals surface area (Å²) in [6, 6.07) is 8.45. The van der Waals surface area contributed by atoms with Crippen molar-refractivity contribution in [2.24, 2.45) is 0 Å². The van der Waals surface area contributed by atoms with Gasteiger partial charge in [-0.25, -0.2) is 9.78 Å². The Labute approximate surface area is 167 Å². The molecule has 0 saturated carbocycles. The Bertz CT molecular complexity index is 1130. The minimum Gasteiger partial charge on any atom is -0.497 e. The number of methoxy groups -OCH3 is 2. The second-order valence-corrected chi connectivity index (χ2v) is 6.46. The number of ether oxygens (including phenoxy) is 2. The smallest absolute Gasteiger partial charge is 0.337 e. The highest BCUT2D eigenvalue weighted by molar-refractivity contribution is 5.87. The molecule has 3 rings (SSSR count). The van der Waals surface area contributed by atoms with Gasteiger partial charge in [0.1, 0.15) is 17.1 Å². The zero-order valence-corrected chi connectivity index (χ0v) is 16.5. The standard InChI is InChI=1S/C22H22N2O5/c1-4-5-18-19(8-6-14-10-16(28-2)12-17(11-14)29-3)23-20-9-7-15(22(26)27)13-24(20)21(18)25/h6-13H,4-5H2,1-3H3,(H,26,27)/b8-6+. The molecule has 3 aromatic rings. The molecule has 7 heteroatoms. The van der Waals surface area contributed by atoms with Crippen LogP contribution in [0.5, 0.6) is 11.5 Å². The van der Waals surface area contributed by atoms with Crippen molar-refractivity contribution in [1.29, 1.82) is 0 Å². The highest BCUT2D eigenvalue weighted by atomic mass is 16.5. The summed E-state index contributed by atoms with van der Waals surface area (Å²) in [5, 5.41) is 9.19. The van der Waals surface area contributed by atoms with E-state index in [4.69, 9.17) is 9.47 Å². The fraction of sp³-hybridized carbons (Fsp3) is 0.227. The first-order valence-corrected chi connectivity index (χ1v) is 9.16. The van der Waals surface area contributed by atoms with Crippen molar-refractivity contribution < 1.29 is 19.4 Å². The van der Waals surface area contributed by atoms with Crippen LogP contribution in [0.1, 0.15) is 40.5 Å². The van der Waals surface area contributed by atoms with Gasteiger partial charge in [0.05, 0.1) is 25.5 Å². The van der Waals surface area contributed by atoms with Crippen molar-refractivity contribution in [1.82, 2.24) is 9.38 Å². The maximum atomic E-state index is 13.0. The van der Waals surface area contributed by atoms with E-state index < -0.39 is 5.97 Å². The lowest BCUT2D eigenvalue weighted by atomic mass is 10.1. The van der Waals surface area contributed by atoms with Gasteiger partial charge in [-0.3, -0.25) is 9.20 Å². The third-order valence-corrected chi connectivity index (χ3v) is 4.50. The summed E-state index contributed by atoms with van der Waals surface area (Å²) in [6.45, 7) is 1.97. The number of aromatic nitrogens is 2. The quantitative estimate of drug-likeness (QED) is 0.659. The molecule has 0 fully saturated rings. The van der Waals surface area contributed by atoms with Crippen LogP contribution in [0.15, 0.2) is 41.3 Å². The molecule has 0 amide bonds. The molecule has 0 radical (unpaired) electrons. The van der Waals surface area contributed by atoms with E-state index in [1.807, 2.05) is 25.1 Å². The molecular formula is C22H22N2O5. The molecule has 0 aliphatic carbocycles. The van der Waals surface area contributed by atoms with E-state index >= 15 is 0 Å². The van der Waals surface area contributed by atoms with Crippen LogP contribution in [0.25, 0.3) is 17.8 Å². The normalized spacial score (nSPS) is 11.1. The highest BCUT2D eigenvalue weighted by Crippen LogP contribution is 2.24. The lowest BCUT2D eigenvalue weighted by Crippen LogP contribution is -2.22. The van der Waals surface area contributed by atoms with Gasteiger partial charge in [-0.15, -0.1) is 0 Å².